The molecule has 0 aliphatic heterocycles. The molecule has 20 heavy (non-hydrogen) atoms. The van der Waals surface area contributed by atoms with Gasteiger partial charge in [0, 0.05) is 6.20 Å². The molecule has 1 heterocycles. The molecular weight excluding hydrogens is 278 g/mol. The minimum Gasteiger partial charge on any atom is -0.477 e. The third kappa shape index (κ3) is 2.76. The lowest BCUT2D eigenvalue weighted by molar-refractivity contribution is -0.139. The standard InChI is InChI=1S/C13H7F4NO2/c14-10-2-1-7(5-9(10)13(15,16)17)8-3-4-18-11(6-8)12(19)20/h1-6H,(H,19,20). The van der Waals surface area contributed by atoms with Gasteiger partial charge in [0.1, 0.15) is 11.5 Å². The minimum absolute atomic E-state index is 0.0589. The van der Waals surface area contributed by atoms with E-state index in [0.717, 1.165) is 18.3 Å². The molecule has 0 radical (unpaired) electrons. The van der Waals surface area contributed by atoms with Crippen LogP contribution in [0.1, 0.15) is 16.1 Å². The Morgan fingerprint density at radius 3 is 2.35 bits per heavy atom. The number of aromatic nitrogens is 1. The van der Waals surface area contributed by atoms with Crippen LogP contribution < -0.4 is 0 Å². The van der Waals surface area contributed by atoms with Gasteiger partial charge in [0.25, 0.3) is 0 Å². The number of carbonyl (C=O) groups is 1. The van der Waals surface area contributed by atoms with Gasteiger partial charge in [-0.25, -0.2) is 14.2 Å². The van der Waals surface area contributed by atoms with Crippen LogP contribution in [0.5, 0.6) is 0 Å². The van der Waals surface area contributed by atoms with Gasteiger partial charge in [-0.3, -0.25) is 0 Å². The van der Waals surface area contributed by atoms with Crippen LogP contribution in [0.3, 0.4) is 0 Å². The number of benzene rings is 1. The molecule has 2 aromatic rings. The first kappa shape index (κ1) is 14.0. The summed E-state index contributed by atoms with van der Waals surface area (Å²) in [4.78, 5) is 14.3. The number of nitrogens with zero attached hydrogens (tertiary/aromatic N) is 1. The molecule has 0 fully saturated rings. The van der Waals surface area contributed by atoms with E-state index >= 15 is 0 Å². The predicted octanol–water partition coefficient (Wildman–Crippen LogP) is 3.60. The Labute approximate surface area is 110 Å². The number of carboxylic acid groups (broad SMARTS) is 1. The van der Waals surface area contributed by atoms with Crippen LogP contribution in [0.15, 0.2) is 36.5 Å². The predicted molar refractivity (Wildman–Crippen MR) is 61.6 cm³/mol. The summed E-state index contributed by atoms with van der Waals surface area (Å²) in [6.45, 7) is 0. The molecule has 0 atom stereocenters. The van der Waals surface area contributed by atoms with Gasteiger partial charge in [0.15, 0.2) is 0 Å². The Morgan fingerprint density at radius 1 is 1.10 bits per heavy atom. The second-order valence-corrected chi connectivity index (χ2v) is 3.93. The van der Waals surface area contributed by atoms with Crippen LogP contribution in [-0.2, 0) is 6.18 Å². The van der Waals surface area contributed by atoms with E-state index in [9.17, 15) is 22.4 Å². The van der Waals surface area contributed by atoms with Crippen molar-refractivity contribution in [2.24, 2.45) is 0 Å². The van der Waals surface area contributed by atoms with E-state index in [1.54, 1.807) is 0 Å². The lowest BCUT2D eigenvalue weighted by Crippen LogP contribution is -2.08. The highest BCUT2D eigenvalue weighted by Gasteiger charge is 2.34. The van der Waals surface area contributed by atoms with Crippen molar-refractivity contribution in [2.75, 3.05) is 0 Å². The molecule has 1 aromatic heterocycles. The lowest BCUT2D eigenvalue weighted by Gasteiger charge is -2.10. The van der Waals surface area contributed by atoms with Crippen molar-refractivity contribution in [3.05, 3.63) is 53.6 Å². The number of hydrogen-bond acceptors (Lipinski definition) is 2. The Hall–Kier alpha value is -2.44. The fraction of sp³-hybridized carbons (Fsp3) is 0.0769. The Balaban J connectivity index is 2.54. The average Bonchev–Trinajstić information content (AvgIpc) is 2.38. The fourth-order valence-electron chi connectivity index (χ4n) is 1.65. The van der Waals surface area contributed by atoms with Gasteiger partial charge in [-0.2, -0.15) is 13.2 Å². The zero-order valence-electron chi connectivity index (χ0n) is 9.78. The van der Waals surface area contributed by atoms with E-state index in [0.29, 0.717) is 12.1 Å². The molecule has 0 saturated carbocycles. The van der Waals surface area contributed by atoms with Gasteiger partial charge in [0.2, 0.25) is 0 Å². The maximum atomic E-state index is 13.2. The van der Waals surface area contributed by atoms with E-state index in [-0.39, 0.29) is 16.8 Å². The van der Waals surface area contributed by atoms with E-state index in [4.69, 9.17) is 5.11 Å². The van der Waals surface area contributed by atoms with Crippen LogP contribution in [-0.4, -0.2) is 16.1 Å². The maximum absolute atomic E-state index is 13.2. The number of halogens is 4. The van der Waals surface area contributed by atoms with Crippen LogP contribution >= 0.6 is 0 Å². The first-order valence-electron chi connectivity index (χ1n) is 5.35. The van der Waals surface area contributed by atoms with Crippen LogP contribution in [0, 0.1) is 5.82 Å². The second-order valence-electron chi connectivity index (χ2n) is 3.93. The third-order valence-corrected chi connectivity index (χ3v) is 2.58. The smallest absolute Gasteiger partial charge is 0.419 e. The van der Waals surface area contributed by atoms with Crippen molar-refractivity contribution in [1.29, 1.82) is 0 Å². The van der Waals surface area contributed by atoms with Gasteiger partial charge < -0.3 is 5.11 Å². The number of hydrogen-bond donors (Lipinski definition) is 1. The average molecular weight is 285 g/mol. The Kier molecular flexibility index (Phi) is 3.44. The van der Waals surface area contributed by atoms with Crippen LogP contribution in [0.25, 0.3) is 11.1 Å². The minimum atomic E-state index is -4.82. The number of alkyl halides is 3. The molecule has 1 aromatic carbocycles. The fourth-order valence-corrected chi connectivity index (χ4v) is 1.65. The number of carboxylic acids is 1. The largest absolute Gasteiger partial charge is 0.477 e. The summed E-state index contributed by atoms with van der Waals surface area (Å²) in [6, 6.07) is 4.94. The second kappa shape index (κ2) is 4.92. The van der Waals surface area contributed by atoms with Gasteiger partial charge in [-0.1, -0.05) is 6.07 Å². The molecule has 0 aliphatic carbocycles. The van der Waals surface area contributed by atoms with E-state index < -0.39 is 23.5 Å². The van der Waals surface area contributed by atoms with E-state index in [1.807, 2.05) is 0 Å². The molecular formula is C13H7F4NO2. The maximum Gasteiger partial charge on any atom is 0.419 e. The highest BCUT2D eigenvalue weighted by Crippen LogP contribution is 2.34. The summed E-state index contributed by atoms with van der Waals surface area (Å²) in [5.41, 5.74) is -1.43. The first-order valence-corrected chi connectivity index (χ1v) is 5.35. The summed E-state index contributed by atoms with van der Waals surface area (Å²) in [5, 5.41) is 8.78. The summed E-state index contributed by atoms with van der Waals surface area (Å²) in [7, 11) is 0. The topological polar surface area (TPSA) is 50.2 Å². The van der Waals surface area contributed by atoms with Crippen molar-refractivity contribution in [3.63, 3.8) is 0 Å². The van der Waals surface area contributed by atoms with Crippen molar-refractivity contribution < 1.29 is 27.5 Å². The summed E-state index contributed by atoms with van der Waals surface area (Å²) in [6.07, 6.45) is -3.65. The van der Waals surface area contributed by atoms with Gasteiger partial charge in [-0.05, 0) is 35.4 Å². The zero-order valence-corrected chi connectivity index (χ0v) is 9.78. The Morgan fingerprint density at radius 2 is 1.75 bits per heavy atom. The number of aromatic carboxylic acids is 1. The molecule has 2 rings (SSSR count). The molecule has 104 valence electrons. The highest BCUT2D eigenvalue weighted by molar-refractivity contribution is 5.87. The molecule has 0 spiro atoms. The Bertz CT molecular complexity index is 668. The van der Waals surface area contributed by atoms with Crippen LogP contribution in [0.2, 0.25) is 0 Å². The molecule has 0 aliphatic rings. The molecule has 1 N–H and O–H groups in total. The highest BCUT2D eigenvalue weighted by atomic mass is 19.4. The number of pyridine rings is 1. The van der Waals surface area contributed by atoms with Gasteiger partial charge in [0.05, 0.1) is 5.56 Å². The SMILES string of the molecule is O=C(O)c1cc(-c2ccc(F)c(C(F)(F)F)c2)ccn1. The zero-order chi connectivity index (χ0) is 14.9. The molecule has 3 nitrogen and oxygen atoms in total. The summed E-state index contributed by atoms with van der Waals surface area (Å²) >= 11 is 0. The lowest BCUT2D eigenvalue weighted by atomic mass is 10.0. The van der Waals surface area contributed by atoms with Crippen molar-refractivity contribution >= 4 is 5.97 Å². The molecule has 7 heteroatoms. The van der Waals surface area contributed by atoms with E-state index in [1.165, 1.54) is 6.07 Å². The van der Waals surface area contributed by atoms with Crippen molar-refractivity contribution in [3.8, 4) is 11.1 Å². The van der Waals surface area contributed by atoms with Crippen LogP contribution in [0.4, 0.5) is 17.6 Å². The summed E-state index contributed by atoms with van der Waals surface area (Å²) in [5.74, 6) is -2.68. The van der Waals surface area contributed by atoms with Gasteiger partial charge >= 0.3 is 12.1 Å². The van der Waals surface area contributed by atoms with Gasteiger partial charge in [-0.15, -0.1) is 0 Å². The number of rotatable bonds is 2. The van der Waals surface area contributed by atoms with Crippen molar-refractivity contribution in [1.82, 2.24) is 4.98 Å². The molecule has 0 unspecified atom stereocenters. The monoisotopic (exact) mass is 285 g/mol. The molecule has 0 bridgehead atoms. The first-order chi connectivity index (χ1) is 9.29. The third-order valence-electron chi connectivity index (χ3n) is 2.58. The van der Waals surface area contributed by atoms with E-state index in [2.05, 4.69) is 4.98 Å². The quantitative estimate of drug-likeness (QED) is 0.858. The molecule has 0 amide bonds. The van der Waals surface area contributed by atoms with Crippen molar-refractivity contribution in [2.45, 2.75) is 6.18 Å². The molecule has 0 saturated heterocycles. The normalized spacial score (nSPS) is 11.4. The summed E-state index contributed by atoms with van der Waals surface area (Å²) < 4.78 is 51.0.